The molecule has 2 N–H and O–H groups in total. The molecule has 1 aromatic heterocycles. The lowest BCUT2D eigenvalue weighted by Gasteiger charge is -2.37. The second-order valence-electron chi connectivity index (χ2n) is 4.92. The third kappa shape index (κ3) is 2.34. The summed E-state index contributed by atoms with van der Waals surface area (Å²) < 4.78 is 16.3. The molecule has 3 rings (SSSR count). The summed E-state index contributed by atoms with van der Waals surface area (Å²) in [5, 5.41) is 4.00. The van der Waals surface area contributed by atoms with Crippen molar-refractivity contribution in [3.05, 3.63) is 36.0 Å². The minimum absolute atomic E-state index is 0.233. The van der Waals surface area contributed by atoms with Crippen LogP contribution in [0.1, 0.15) is 31.0 Å². The summed E-state index contributed by atoms with van der Waals surface area (Å²) in [5.74, 6) is 1.77. The van der Waals surface area contributed by atoms with E-state index < -0.39 is 0 Å². The van der Waals surface area contributed by atoms with Crippen LogP contribution < -0.4 is 10.5 Å². The molecular weight excluding hydrogens is 258 g/mol. The van der Waals surface area contributed by atoms with Gasteiger partial charge >= 0.3 is 0 Å². The topological polar surface area (TPSA) is 83.4 Å². The van der Waals surface area contributed by atoms with Crippen molar-refractivity contribution >= 4 is 5.69 Å². The second-order valence-corrected chi connectivity index (χ2v) is 4.92. The molecular formula is C14H17N3O3. The summed E-state index contributed by atoms with van der Waals surface area (Å²) >= 11 is 0. The molecule has 1 aliphatic rings. The Bertz CT molecular complexity index is 570. The molecule has 20 heavy (non-hydrogen) atoms. The molecule has 0 amide bonds. The monoisotopic (exact) mass is 275 g/mol. The van der Waals surface area contributed by atoms with Gasteiger partial charge in [0.2, 0.25) is 5.82 Å². The van der Waals surface area contributed by atoms with Crippen molar-refractivity contribution in [1.82, 2.24) is 10.1 Å². The summed E-state index contributed by atoms with van der Waals surface area (Å²) in [7, 11) is 1.68. The maximum Gasteiger partial charge on any atom is 0.264 e. The van der Waals surface area contributed by atoms with Crippen LogP contribution in [0.5, 0.6) is 5.75 Å². The fourth-order valence-electron chi connectivity index (χ4n) is 2.22. The highest BCUT2D eigenvalue weighted by Crippen LogP contribution is 2.42. The van der Waals surface area contributed by atoms with E-state index in [2.05, 4.69) is 10.1 Å². The van der Waals surface area contributed by atoms with E-state index in [1.165, 1.54) is 0 Å². The van der Waals surface area contributed by atoms with Crippen molar-refractivity contribution in [3.63, 3.8) is 0 Å². The number of nitrogens with two attached hydrogens (primary N) is 1. The number of aromatic nitrogens is 2. The minimum Gasteiger partial charge on any atom is -0.484 e. The molecule has 6 nitrogen and oxygen atoms in total. The van der Waals surface area contributed by atoms with Crippen LogP contribution >= 0.6 is 0 Å². The normalized spacial score (nSPS) is 16.6. The lowest BCUT2D eigenvalue weighted by Crippen LogP contribution is -2.37. The van der Waals surface area contributed by atoms with E-state index in [0.717, 1.165) is 19.3 Å². The SMILES string of the molecule is COC1(c2noc(COc3ccc(N)cc3)n2)CCC1. The maximum atomic E-state index is 5.61. The second kappa shape index (κ2) is 5.13. The highest BCUT2D eigenvalue weighted by Gasteiger charge is 2.43. The van der Waals surface area contributed by atoms with E-state index in [9.17, 15) is 0 Å². The smallest absolute Gasteiger partial charge is 0.264 e. The van der Waals surface area contributed by atoms with E-state index in [1.807, 2.05) is 0 Å². The first-order chi connectivity index (χ1) is 9.72. The Labute approximate surface area is 116 Å². The van der Waals surface area contributed by atoms with Crippen molar-refractivity contribution in [2.75, 3.05) is 12.8 Å². The number of nitrogen functional groups attached to an aromatic ring is 1. The van der Waals surface area contributed by atoms with Gasteiger partial charge in [0.25, 0.3) is 5.89 Å². The van der Waals surface area contributed by atoms with Gasteiger partial charge in [-0.1, -0.05) is 5.16 Å². The fourth-order valence-corrected chi connectivity index (χ4v) is 2.22. The maximum absolute atomic E-state index is 5.61. The summed E-state index contributed by atoms with van der Waals surface area (Å²) in [4.78, 5) is 4.36. The molecule has 0 radical (unpaired) electrons. The van der Waals surface area contributed by atoms with Gasteiger partial charge in [0.05, 0.1) is 0 Å². The van der Waals surface area contributed by atoms with E-state index >= 15 is 0 Å². The van der Waals surface area contributed by atoms with Gasteiger partial charge in [0.1, 0.15) is 11.4 Å². The standard InChI is InChI=1S/C14H17N3O3/c1-18-14(7-2-8-14)13-16-12(20-17-13)9-19-11-5-3-10(15)4-6-11/h3-6H,2,7-9,15H2,1H3. The van der Waals surface area contributed by atoms with Crippen molar-refractivity contribution in [2.24, 2.45) is 0 Å². The molecule has 0 saturated heterocycles. The molecule has 2 aromatic rings. The molecule has 1 aromatic carbocycles. The van der Waals surface area contributed by atoms with Gasteiger partial charge in [-0.2, -0.15) is 4.98 Å². The van der Waals surface area contributed by atoms with E-state index in [0.29, 0.717) is 23.2 Å². The Morgan fingerprint density at radius 2 is 2.05 bits per heavy atom. The molecule has 106 valence electrons. The Morgan fingerprint density at radius 3 is 2.65 bits per heavy atom. The van der Waals surface area contributed by atoms with Gasteiger partial charge in [-0.05, 0) is 43.5 Å². The molecule has 6 heteroatoms. The van der Waals surface area contributed by atoms with Gasteiger partial charge in [-0.25, -0.2) is 0 Å². The molecule has 1 heterocycles. The lowest BCUT2D eigenvalue weighted by molar-refractivity contribution is -0.0858. The van der Waals surface area contributed by atoms with Crippen LogP contribution in [-0.4, -0.2) is 17.3 Å². The van der Waals surface area contributed by atoms with Gasteiger partial charge in [-0.15, -0.1) is 0 Å². The molecule has 1 aliphatic carbocycles. The number of nitrogens with zero attached hydrogens (tertiary/aromatic N) is 2. The summed E-state index contributed by atoms with van der Waals surface area (Å²) in [5.41, 5.74) is 5.95. The van der Waals surface area contributed by atoms with E-state index in [4.69, 9.17) is 19.7 Å². The molecule has 0 atom stereocenters. The van der Waals surface area contributed by atoms with Gasteiger partial charge < -0.3 is 19.7 Å². The van der Waals surface area contributed by atoms with E-state index in [-0.39, 0.29) is 12.2 Å². The molecule has 1 saturated carbocycles. The summed E-state index contributed by atoms with van der Waals surface area (Å²) in [6.45, 7) is 0.233. The van der Waals surface area contributed by atoms with Crippen molar-refractivity contribution in [1.29, 1.82) is 0 Å². The summed E-state index contributed by atoms with van der Waals surface area (Å²) in [6, 6.07) is 7.16. The first kappa shape index (κ1) is 12.9. The number of hydrogen-bond acceptors (Lipinski definition) is 6. The molecule has 0 bridgehead atoms. The first-order valence-electron chi connectivity index (χ1n) is 6.58. The number of rotatable bonds is 5. The molecule has 1 fully saturated rings. The van der Waals surface area contributed by atoms with Crippen LogP contribution in [0.15, 0.2) is 28.8 Å². The lowest BCUT2D eigenvalue weighted by atomic mass is 9.79. The highest BCUT2D eigenvalue weighted by atomic mass is 16.5. The van der Waals surface area contributed by atoms with Crippen LogP contribution in [0.2, 0.25) is 0 Å². The predicted octanol–water partition coefficient (Wildman–Crippen LogP) is 2.26. The van der Waals surface area contributed by atoms with Gasteiger partial charge in [0.15, 0.2) is 6.61 Å². The quantitative estimate of drug-likeness (QED) is 0.843. The number of benzene rings is 1. The minimum atomic E-state index is -0.358. The summed E-state index contributed by atoms with van der Waals surface area (Å²) in [6.07, 6.45) is 2.99. The predicted molar refractivity (Wildman–Crippen MR) is 72.0 cm³/mol. The average molecular weight is 275 g/mol. The number of methoxy groups -OCH3 is 1. The zero-order valence-electron chi connectivity index (χ0n) is 11.3. The van der Waals surface area contributed by atoms with Crippen molar-refractivity contribution in [3.8, 4) is 5.75 Å². The third-order valence-corrected chi connectivity index (χ3v) is 3.67. The largest absolute Gasteiger partial charge is 0.484 e. The number of ether oxygens (including phenoxy) is 2. The van der Waals surface area contributed by atoms with Crippen molar-refractivity contribution < 1.29 is 14.0 Å². The van der Waals surface area contributed by atoms with Crippen LogP contribution in [0.3, 0.4) is 0 Å². The fraction of sp³-hybridized carbons (Fsp3) is 0.429. The Balaban J connectivity index is 1.64. The third-order valence-electron chi connectivity index (χ3n) is 3.67. The number of anilines is 1. The van der Waals surface area contributed by atoms with Gasteiger partial charge in [0, 0.05) is 12.8 Å². The Hall–Kier alpha value is -2.08. The molecule has 0 unspecified atom stereocenters. The van der Waals surface area contributed by atoms with E-state index in [1.54, 1.807) is 31.4 Å². The zero-order chi connectivity index (χ0) is 14.0. The zero-order valence-corrected chi connectivity index (χ0v) is 11.3. The molecule has 0 spiro atoms. The Morgan fingerprint density at radius 1 is 1.30 bits per heavy atom. The van der Waals surface area contributed by atoms with Crippen LogP contribution in [0.25, 0.3) is 0 Å². The van der Waals surface area contributed by atoms with Crippen LogP contribution in [0, 0.1) is 0 Å². The van der Waals surface area contributed by atoms with Crippen LogP contribution in [-0.2, 0) is 16.9 Å². The van der Waals surface area contributed by atoms with Crippen molar-refractivity contribution in [2.45, 2.75) is 31.5 Å². The van der Waals surface area contributed by atoms with Crippen LogP contribution in [0.4, 0.5) is 5.69 Å². The highest BCUT2D eigenvalue weighted by molar-refractivity contribution is 5.41. The number of hydrogen-bond donors (Lipinski definition) is 1. The molecule has 0 aliphatic heterocycles. The average Bonchev–Trinajstić information content (AvgIpc) is 2.87. The van der Waals surface area contributed by atoms with Gasteiger partial charge in [-0.3, -0.25) is 0 Å². The Kier molecular flexibility index (Phi) is 3.31. The first-order valence-corrected chi connectivity index (χ1v) is 6.58.